The minimum absolute atomic E-state index is 0.0195. The van der Waals surface area contributed by atoms with Crippen molar-refractivity contribution in [3.8, 4) is 5.75 Å². The van der Waals surface area contributed by atoms with E-state index in [0.717, 1.165) is 0 Å². The molecule has 0 fully saturated rings. The fraction of sp³-hybridized carbons (Fsp3) is 0.0714. The highest BCUT2D eigenvalue weighted by molar-refractivity contribution is 6.34. The highest BCUT2D eigenvalue weighted by atomic mass is 35.5. The van der Waals surface area contributed by atoms with Gasteiger partial charge in [0.15, 0.2) is 18.2 Å². The first-order chi connectivity index (χ1) is 9.56. The summed E-state index contributed by atoms with van der Waals surface area (Å²) in [5, 5.41) is 2.88. The van der Waals surface area contributed by atoms with Crippen LogP contribution < -0.4 is 15.8 Å². The van der Waals surface area contributed by atoms with Crippen molar-refractivity contribution in [1.82, 2.24) is 0 Å². The third-order valence-corrected chi connectivity index (χ3v) is 2.78. The second-order valence-corrected chi connectivity index (χ2v) is 4.41. The van der Waals surface area contributed by atoms with Crippen LogP contribution in [0.2, 0.25) is 5.02 Å². The van der Waals surface area contributed by atoms with Gasteiger partial charge in [0.05, 0.1) is 10.7 Å². The Labute approximate surface area is 120 Å². The van der Waals surface area contributed by atoms with E-state index in [-0.39, 0.29) is 12.4 Å². The van der Waals surface area contributed by atoms with Gasteiger partial charge in [-0.25, -0.2) is 4.39 Å². The zero-order valence-corrected chi connectivity index (χ0v) is 11.2. The van der Waals surface area contributed by atoms with Gasteiger partial charge in [0, 0.05) is 5.69 Å². The summed E-state index contributed by atoms with van der Waals surface area (Å²) in [6.07, 6.45) is 0. The van der Waals surface area contributed by atoms with Crippen molar-refractivity contribution in [2.45, 2.75) is 0 Å². The molecule has 0 radical (unpaired) electrons. The van der Waals surface area contributed by atoms with Gasteiger partial charge in [-0.05, 0) is 30.3 Å². The summed E-state index contributed by atoms with van der Waals surface area (Å²) in [5.74, 6) is -0.947. The van der Waals surface area contributed by atoms with E-state index in [0.29, 0.717) is 16.4 Å². The summed E-state index contributed by atoms with van der Waals surface area (Å²) in [6, 6.07) is 10.6. The number of hydrogen-bond donors (Lipinski definition) is 2. The Balaban J connectivity index is 1.94. The smallest absolute Gasteiger partial charge is 0.262 e. The van der Waals surface area contributed by atoms with Crippen molar-refractivity contribution in [2.75, 3.05) is 17.7 Å². The van der Waals surface area contributed by atoms with Crippen LogP contribution in [0.25, 0.3) is 0 Å². The molecule has 20 heavy (non-hydrogen) atoms. The first kappa shape index (κ1) is 14.1. The molecule has 0 aromatic heterocycles. The van der Waals surface area contributed by atoms with Crippen molar-refractivity contribution in [3.63, 3.8) is 0 Å². The van der Waals surface area contributed by atoms with Gasteiger partial charge in [0.1, 0.15) is 0 Å². The van der Waals surface area contributed by atoms with Gasteiger partial charge in [-0.1, -0.05) is 23.7 Å². The topological polar surface area (TPSA) is 64.3 Å². The Morgan fingerprint density at radius 2 is 2.05 bits per heavy atom. The molecule has 1 amide bonds. The molecule has 3 N–H and O–H groups in total. The monoisotopic (exact) mass is 294 g/mol. The largest absolute Gasteiger partial charge is 0.481 e. The summed E-state index contributed by atoms with van der Waals surface area (Å²) >= 11 is 5.92. The van der Waals surface area contributed by atoms with Crippen LogP contribution >= 0.6 is 11.6 Å². The third kappa shape index (κ3) is 3.61. The van der Waals surface area contributed by atoms with Crippen LogP contribution in [0.4, 0.5) is 15.8 Å². The minimum atomic E-state index is -0.522. The van der Waals surface area contributed by atoms with Crippen LogP contribution in [0.5, 0.6) is 5.75 Å². The molecule has 0 saturated heterocycles. The van der Waals surface area contributed by atoms with Crippen molar-refractivity contribution in [3.05, 3.63) is 53.3 Å². The number of hydrogen-bond acceptors (Lipinski definition) is 3. The number of nitrogen functional groups attached to an aromatic ring is 1. The van der Waals surface area contributed by atoms with Crippen molar-refractivity contribution >= 4 is 28.9 Å². The number of carbonyl (C=O) groups is 1. The number of anilines is 2. The van der Waals surface area contributed by atoms with Crippen molar-refractivity contribution in [2.24, 2.45) is 0 Å². The highest BCUT2D eigenvalue weighted by Crippen LogP contribution is 2.24. The van der Waals surface area contributed by atoms with Crippen LogP contribution in [0.1, 0.15) is 0 Å². The van der Waals surface area contributed by atoms with Crippen LogP contribution in [0.3, 0.4) is 0 Å². The van der Waals surface area contributed by atoms with Crippen LogP contribution in [-0.2, 0) is 4.79 Å². The summed E-state index contributed by atoms with van der Waals surface area (Å²) in [5.41, 5.74) is 6.46. The summed E-state index contributed by atoms with van der Waals surface area (Å²) in [7, 11) is 0. The molecule has 6 heteroatoms. The number of nitrogens with one attached hydrogen (secondary N) is 1. The van der Waals surface area contributed by atoms with E-state index < -0.39 is 11.7 Å². The Hall–Kier alpha value is -2.27. The van der Waals surface area contributed by atoms with E-state index in [2.05, 4.69) is 5.32 Å². The Morgan fingerprint density at radius 1 is 1.30 bits per heavy atom. The molecule has 104 valence electrons. The number of halogens is 2. The number of amides is 1. The Morgan fingerprint density at radius 3 is 2.75 bits per heavy atom. The first-order valence-corrected chi connectivity index (χ1v) is 6.16. The molecule has 0 atom stereocenters. The number of rotatable bonds is 4. The van der Waals surface area contributed by atoms with E-state index >= 15 is 0 Å². The SMILES string of the molecule is Nc1ccc(NC(=O)COc2ccccc2F)c(Cl)c1. The predicted molar refractivity (Wildman–Crippen MR) is 76.4 cm³/mol. The molecule has 2 aromatic carbocycles. The van der Waals surface area contributed by atoms with Gasteiger partial charge in [-0.15, -0.1) is 0 Å². The molecule has 0 bridgehead atoms. The standard InChI is InChI=1S/C14H12ClFN2O2/c15-10-7-9(17)5-6-12(10)18-14(19)8-20-13-4-2-1-3-11(13)16/h1-7H,8,17H2,(H,18,19). The maximum Gasteiger partial charge on any atom is 0.262 e. The van der Waals surface area contributed by atoms with Crippen LogP contribution in [0, 0.1) is 5.82 Å². The van der Waals surface area contributed by atoms with E-state index in [4.69, 9.17) is 22.1 Å². The number of ether oxygens (including phenoxy) is 1. The fourth-order valence-electron chi connectivity index (χ4n) is 1.52. The summed E-state index contributed by atoms with van der Waals surface area (Å²) in [6.45, 7) is -0.318. The molecule has 2 rings (SSSR count). The van der Waals surface area contributed by atoms with Gasteiger partial charge in [0.2, 0.25) is 0 Å². The molecule has 0 aliphatic rings. The average molecular weight is 295 g/mol. The second kappa shape index (κ2) is 6.25. The second-order valence-electron chi connectivity index (χ2n) is 4.01. The molecule has 0 aliphatic heterocycles. The molecule has 0 saturated carbocycles. The number of carbonyl (C=O) groups excluding carboxylic acids is 1. The fourth-order valence-corrected chi connectivity index (χ4v) is 1.76. The highest BCUT2D eigenvalue weighted by Gasteiger charge is 2.08. The Kier molecular flexibility index (Phi) is 4.42. The maximum atomic E-state index is 13.3. The molecule has 0 aliphatic carbocycles. The molecule has 2 aromatic rings. The lowest BCUT2D eigenvalue weighted by Gasteiger charge is -2.09. The van der Waals surface area contributed by atoms with Gasteiger partial charge < -0.3 is 15.8 Å². The van der Waals surface area contributed by atoms with Crippen LogP contribution in [-0.4, -0.2) is 12.5 Å². The normalized spacial score (nSPS) is 10.1. The number of nitrogens with two attached hydrogens (primary N) is 1. The van der Waals surface area contributed by atoms with Crippen molar-refractivity contribution in [1.29, 1.82) is 0 Å². The lowest BCUT2D eigenvalue weighted by atomic mass is 10.3. The lowest BCUT2D eigenvalue weighted by Crippen LogP contribution is -2.20. The van der Waals surface area contributed by atoms with Crippen molar-refractivity contribution < 1.29 is 13.9 Å². The zero-order valence-electron chi connectivity index (χ0n) is 10.4. The van der Waals surface area contributed by atoms with E-state index in [9.17, 15) is 9.18 Å². The quantitative estimate of drug-likeness (QED) is 0.852. The van der Waals surface area contributed by atoms with Gasteiger partial charge in [-0.2, -0.15) is 0 Å². The van der Waals surface area contributed by atoms with E-state index in [1.807, 2.05) is 0 Å². The number of para-hydroxylation sites is 1. The van der Waals surface area contributed by atoms with Gasteiger partial charge in [0.25, 0.3) is 5.91 Å². The summed E-state index contributed by atoms with van der Waals surface area (Å²) in [4.78, 5) is 11.7. The van der Waals surface area contributed by atoms with Gasteiger partial charge in [-0.3, -0.25) is 4.79 Å². The first-order valence-electron chi connectivity index (χ1n) is 5.78. The van der Waals surface area contributed by atoms with E-state index in [1.165, 1.54) is 24.3 Å². The molecule has 0 unspecified atom stereocenters. The summed E-state index contributed by atoms with van der Waals surface area (Å²) < 4.78 is 18.4. The zero-order chi connectivity index (χ0) is 14.5. The maximum absolute atomic E-state index is 13.3. The molecular formula is C14H12ClFN2O2. The molecule has 0 spiro atoms. The Bertz CT molecular complexity index is 634. The van der Waals surface area contributed by atoms with E-state index in [1.54, 1.807) is 18.2 Å². The predicted octanol–water partition coefficient (Wildman–Crippen LogP) is 3.08. The lowest BCUT2D eigenvalue weighted by molar-refractivity contribution is -0.118. The molecular weight excluding hydrogens is 283 g/mol. The van der Waals surface area contributed by atoms with Crippen LogP contribution in [0.15, 0.2) is 42.5 Å². The minimum Gasteiger partial charge on any atom is -0.481 e. The average Bonchev–Trinajstić information content (AvgIpc) is 2.41. The molecule has 0 heterocycles. The third-order valence-electron chi connectivity index (χ3n) is 2.46. The van der Waals surface area contributed by atoms with Gasteiger partial charge >= 0.3 is 0 Å². The molecule has 4 nitrogen and oxygen atoms in total. The number of benzene rings is 2.